The van der Waals surface area contributed by atoms with E-state index in [1.807, 2.05) is 0 Å². The molecule has 1 aliphatic rings. The zero-order chi connectivity index (χ0) is 9.14. The highest BCUT2D eigenvalue weighted by molar-refractivity contribution is 6.66. The molecule has 0 aromatic carbocycles. The molecule has 1 unspecified atom stereocenters. The normalized spacial score (nSPS) is 23.8. The Kier molecular flexibility index (Phi) is 3.31. The van der Waals surface area contributed by atoms with Gasteiger partial charge in [-0.1, -0.05) is 0 Å². The Morgan fingerprint density at radius 2 is 2.08 bits per heavy atom. The summed E-state index contributed by atoms with van der Waals surface area (Å²) in [5.74, 6) is 0. The van der Waals surface area contributed by atoms with Crippen molar-refractivity contribution in [3.63, 3.8) is 0 Å². The highest BCUT2D eigenvalue weighted by Crippen LogP contribution is 2.09. The van der Waals surface area contributed by atoms with Gasteiger partial charge in [0.15, 0.2) is 0 Å². The first-order valence-electron chi connectivity index (χ1n) is 3.49. The second-order valence-electron chi connectivity index (χ2n) is 2.47. The summed E-state index contributed by atoms with van der Waals surface area (Å²) in [7, 11) is 0. The van der Waals surface area contributed by atoms with Gasteiger partial charge in [0.25, 0.3) is 0 Å². The molecule has 0 aromatic heterocycles. The van der Waals surface area contributed by atoms with Crippen LogP contribution in [0.2, 0.25) is 0 Å². The van der Waals surface area contributed by atoms with Crippen LogP contribution in [0.25, 0.3) is 0 Å². The Morgan fingerprint density at radius 1 is 1.42 bits per heavy atom. The van der Waals surface area contributed by atoms with Crippen LogP contribution in [-0.2, 0) is 4.79 Å². The standard InChI is InChI=1S/C6H8Cl2N2O2/c7-5(11)4-3-9-1-2-10(4)6(8)12/h4,9H,1-3H2. The third-order valence-electron chi connectivity index (χ3n) is 1.73. The number of hydrogen-bond donors (Lipinski definition) is 1. The predicted molar refractivity (Wildman–Crippen MR) is 45.5 cm³/mol. The Morgan fingerprint density at radius 3 is 2.50 bits per heavy atom. The van der Waals surface area contributed by atoms with Gasteiger partial charge in [-0.15, -0.1) is 0 Å². The summed E-state index contributed by atoms with van der Waals surface area (Å²) >= 11 is 10.5. The van der Waals surface area contributed by atoms with Crippen molar-refractivity contribution < 1.29 is 9.59 Å². The number of carbonyl (C=O) groups is 2. The smallest absolute Gasteiger partial charge is 0.315 e. The van der Waals surface area contributed by atoms with Gasteiger partial charge < -0.3 is 10.2 Å². The fraction of sp³-hybridized carbons (Fsp3) is 0.667. The molecule has 4 nitrogen and oxygen atoms in total. The Balaban J connectivity index is 2.67. The third kappa shape index (κ3) is 2.09. The Hall–Kier alpha value is -0.320. The fourth-order valence-corrected chi connectivity index (χ4v) is 1.51. The third-order valence-corrected chi connectivity index (χ3v) is 2.20. The van der Waals surface area contributed by atoms with Crippen molar-refractivity contribution in [3.05, 3.63) is 0 Å². The Bertz CT molecular complexity index is 188. The number of rotatable bonds is 1. The minimum Gasteiger partial charge on any atom is -0.315 e. The van der Waals surface area contributed by atoms with Crippen LogP contribution in [0.3, 0.4) is 0 Å². The van der Waals surface area contributed by atoms with E-state index in [4.69, 9.17) is 23.2 Å². The lowest BCUT2D eigenvalue weighted by molar-refractivity contribution is -0.115. The minimum atomic E-state index is -0.629. The molecule has 0 saturated carbocycles. The van der Waals surface area contributed by atoms with E-state index < -0.39 is 16.7 Å². The number of nitrogens with one attached hydrogen (secondary N) is 1. The van der Waals surface area contributed by atoms with Gasteiger partial charge in [0.2, 0.25) is 5.24 Å². The molecule has 1 heterocycles. The molecule has 1 N–H and O–H groups in total. The Labute approximate surface area is 79.8 Å². The van der Waals surface area contributed by atoms with Gasteiger partial charge in [0.1, 0.15) is 6.04 Å². The maximum atomic E-state index is 10.8. The van der Waals surface area contributed by atoms with E-state index in [0.29, 0.717) is 19.6 Å². The van der Waals surface area contributed by atoms with E-state index in [9.17, 15) is 9.59 Å². The number of hydrogen-bond acceptors (Lipinski definition) is 3. The predicted octanol–water partition coefficient (Wildman–Crippen LogP) is 0.384. The highest BCUT2D eigenvalue weighted by Gasteiger charge is 2.29. The number of amides is 1. The zero-order valence-electron chi connectivity index (χ0n) is 6.22. The molecule has 1 rings (SSSR count). The van der Waals surface area contributed by atoms with Gasteiger partial charge in [0, 0.05) is 19.6 Å². The molecule has 1 aliphatic heterocycles. The van der Waals surface area contributed by atoms with Crippen LogP contribution in [0.1, 0.15) is 0 Å². The molecule has 1 saturated heterocycles. The summed E-state index contributed by atoms with van der Waals surface area (Å²) in [5.41, 5.74) is 0. The van der Waals surface area contributed by atoms with Crippen molar-refractivity contribution >= 4 is 33.8 Å². The van der Waals surface area contributed by atoms with Gasteiger partial charge in [-0.25, -0.2) is 0 Å². The monoisotopic (exact) mass is 210 g/mol. The second kappa shape index (κ2) is 4.07. The SMILES string of the molecule is O=C(Cl)C1CNCCN1C(=O)Cl. The van der Waals surface area contributed by atoms with Crippen LogP contribution in [-0.4, -0.2) is 41.2 Å². The van der Waals surface area contributed by atoms with Crippen LogP contribution in [0.15, 0.2) is 0 Å². The number of carbonyl (C=O) groups excluding carboxylic acids is 2. The summed E-state index contributed by atoms with van der Waals surface area (Å²) in [4.78, 5) is 22.8. The van der Waals surface area contributed by atoms with E-state index in [0.717, 1.165) is 0 Å². The van der Waals surface area contributed by atoms with Gasteiger partial charge in [-0.05, 0) is 23.2 Å². The van der Waals surface area contributed by atoms with Crippen LogP contribution in [0.5, 0.6) is 0 Å². The maximum absolute atomic E-state index is 10.8. The quantitative estimate of drug-likeness (QED) is 0.504. The van der Waals surface area contributed by atoms with Gasteiger partial charge in [-0.3, -0.25) is 9.59 Å². The summed E-state index contributed by atoms with van der Waals surface area (Å²) in [6, 6.07) is -0.620. The molecule has 1 amide bonds. The number of nitrogens with zero attached hydrogens (tertiary/aromatic N) is 1. The maximum Gasteiger partial charge on any atom is 0.317 e. The fourth-order valence-electron chi connectivity index (χ4n) is 1.12. The summed E-state index contributed by atoms with van der Waals surface area (Å²) in [5, 5.41) is 1.75. The van der Waals surface area contributed by atoms with E-state index >= 15 is 0 Å². The van der Waals surface area contributed by atoms with E-state index in [2.05, 4.69) is 5.32 Å². The summed E-state index contributed by atoms with van der Waals surface area (Å²) in [6.07, 6.45) is 0. The molecule has 0 aliphatic carbocycles. The van der Waals surface area contributed by atoms with Crippen molar-refractivity contribution in [2.75, 3.05) is 19.6 Å². The molecule has 12 heavy (non-hydrogen) atoms. The van der Waals surface area contributed by atoms with Crippen molar-refractivity contribution in [3.8, 4) is 0 Å². The average molecular weight is 211 g/mol. The van der Waals surface area contributed by atoms with Gasteiger partial charge in [-0.2, -0.15) is 0 Å². The summed E-state index contributed by atoms with van der Waals surface area (Å²) in [6.45, 7) is 1.44. The first-order chi connectivity index (χ1) is 5.63. The van der Waals surface area contributed by atoms with Crippen molar-refractivity contribution in [1.82, 2.24) is 10.2 Å². The molecule has 0 aromatic rings. The van der Waals surface area contributed by atoms with Gasteiger partial charge >= 0.3 is 5.37 Å². The largest absolute Gasteiger partial charge is 0.317 e. The van der Waals surface area contributed by atoms with Crippen LogP contribution >= 0.6 is 23.2 Å². The van der Waals surface area contributed by atoms with Gasteiger partial charge in [0.05, 0.1) is 0 Å². The molecule has 1 fully saturated rings. The van der Waals surface area contributed by atoms with Crippen LogP contribution < -0.4 is 5.32 Å². The lowest BCUT2D eigenvalue weighted by Crippen LogP contribution is -2.54. The van der Waals surface area contributed by atoms with Crippen LogP contribution in [0, 0.1) is 0 Å². The number of piperazine rings is 1. The molecule has 68 valence electrons. The second-order valence-corrected chi connectivity index (χ2v) is 3.17. The minimum absolute atomic E-state index is 0.376. The zero-order valence-corrected chi connectivity index (χ0v) is 7.73. The molecular formula is C6H8Cl2N2O2. The number of halogens is 2. The molecule has 0 bridgehead atoms. The van der Waals surface area contributed by atoms with Crippen molar-refractivity contribution in [2.45, 2.75) is 6.04 Å². The lowest BCUT2D eigenvalue weighted by Gasteiger charge is -2.31. The average Bonchev–Trinajstić information content (AvgIpc) is 2.04. The van der Waals surface area contributed by atoms with Crippen molar-refractivity contribution in [2.24, 2.45) is 0 Å². The summed E-state index contributed by atoms with van der Waals surface area (Å²) < 4.78 is 0. The van der Waals surface area contributed by atoms with Crippen LogP contribution in [0.4, 0.5) is 4.79 Å². The molecule has 0 spiro atoms. The molecule has 1 atom stereocenters. The molecule has 6 heteroatoms. The molecular weight excluding hydrogens is 203 g/mol. The van der Waals surface area contributed by atoms with Crippen molar-refractivity contribution in [1.29, 1.82) is 0 Å². The lowest BCUT2D eigenvalue weighted by atomic mass is 10.2. The topological polar surface area (TPSA) is 49.4 Å². The first kappa shape index (κ1) is 9.77. The first-order valence-corrected chi connectivity index (χ1v) is 4.24. The van der Waals surface area contributed by atoms with E-state index in [1.54, 1.807) is 0 Å². The molecule has 0 radical (unpaired) electrons. The van der Waals surface area contributed by atoms with E-state index in [-0.39, 0.29) is 0 Å². The van der Waals surface area contributed by atoms with E-state index in [1.165, 1.54) is 4.90 Å². The highest BCUT2D eigenvalue weighted by atomic mass is 35.5.